The van der Waals surface area contributed by atoms with Crippen LogP contribution in [0.2, 0.25) is 0 Å². The molecule has 2 aromatic carbocycles. The second-order valence-electron chi connectivity index (χ2n) is 7.40. The third-order valence-corrected chi connectivity index (χ3v) is 5.40. The number of nitrogens with zero attached hydrogens (tertiary/aromatic N) is 1. The van der Waals surface area contributed by atoms with Gasteiger partial charge in [-0.2, -0.15) is 0 Å². The summed E-state index contributed by atoms with van der Waals surface area (Å²) in [7, 11) is 0. The number of aromatic amines is 1. The van der Waals surface area contributed by atoms with E-state index in [0.717, 1.165) is 17.4 Å². The van der Waals surface area contributed by atoms with E-state index in [-0.39, 0.29) is 23.6 Å². The van der Waals surface area contributed by atoms with Crippen LogP contribution in [0.1, 0.15) is 47.3 Å². The molecule has 1 unspecified atom stereocenters. The molecular weight excluding hydrogens is 390 g/mol. The van der Waals surface area contributed by atoms with Crippen molar-refractivity contribution in [3.05, 3.63) is 77.1 Å². The highest BCUT2D eigenvalue weighted by Gasteiger charge is 2.32. The summed E-state index contributed by atoms with van der Waals surface area (Å²) in [6.07, 6.45) is 2.85. The Morgan fingerprint density at radius 1 is 1.13 bits per heavy atom. The monoisotopic (exact) mass is 410 g/mol. The third-order valence-electron chi connectivity index (χ3n) is 5.40. The van der Waals surface area contributed by atoms with Crippen molar-refractivity contribution in [1.29, 1.82) is 0 Å². The maximum absolute atomic E-state index is 13.7. The lowest BCUT2D eigenvalue weighted by molar-refractivity contribution is -0.130. The van der Waals surface area contributed by atoms with Crippen molar-refractivity contribution in [3.8, 4) is 0 Å². The standard InChI is InChI=1S/C23H20F2N2O3/c1-2-3-14-11-27(22(28)13-4-6-15(24)7-5-13)12-18(23(29)30)21-20(14)17-9-8-16(25)10-19(17)26-21/h4-10,12,14,26H,2-3,11H2,1H3,(H,29,30). The van der Waals surface area contributed by atoms with Crippen LogP contribution in [0.4, 0.5) is 8.78 Å². The zero-order chi connectivity index (χ0) is 21.4. The van der Waals surface area contributed by atoms with E-state index in [4.69, 9.17) is 0 Å². The Hall–Kier alpha value is -3.48. The van der Waals surface area contributed by atoms with Crippen LogP contribution in [0, 0.1) is 11.6 Å². The van der Waals surface area contributed by atoms with Crippen molar-refractivity contribution >= 4 is 28.4 Å². The van der Waals surface area contributed by atoms with Gasteiger partial charge in [0.05, 0.1) is 11.3 Å². The molecule has 0 saturated heterocycles. The van der Waals surface area contributed by atoms with E-state index >= 15 is 0 Å². The summed E-state index contributed by atoms with van der Waals surface area (Å²) in [6.45, 7) is 2.27. The molecule has 1 amide bonds. The Morgan fingerprint density at radius 2 is 1.83 bits per heavy atom. The Balaban J connectivity index is 1.87. The molecule has 154 valence electrons. The quantitative estimate of drug-likeness (QED) is 0.642. The third kappa shape index (κ3) is 3.47. The molecule has 7 heteroatoms. The van der Waals surface area contributed by atoms with Crippen LogP contribution in [0.3, 0.4) is 0 Å². The lowest BCUT2D eigenvalue weighted by Gasteiger charge is -2.23. The number of aliphatic carboxylic acids is 1. The first kappa shape index (κ1) is 19.8. The molecule has 0 saturated carbocycles. The maximum Gasteiger partial charge on any atom is 0.339 e. The minimum Gasteiger partial charge on any atom is -0.478 e. The van der Waals surface area contributed by atoms with Crippen molar-refractivity contribution in [3.63, 3.8) is 0 Å². The Bertz CT molecular complexity index is 1170. The summed E-state index contributed by atoms with van der Waals surface area (Å²) in [5.74, 6) is -2.63. The number of carbonyl (C=O) groups excluding carboxylic acids is 1. The predicted octanol–water partition coefficient (Wildman–Crippen LogP) is 4.91. The van der Waals surface area contributed by atoms with E-state index in [9.17, 15) is 23.5 Å². The molecule has 0 aliphatic carbocycles. The summed E-state index contributed by atoms with van der Waals surface area (Å²) in [6, 6.07) is 9.47. The van der Waals surface area contributed by atoms with E-state index < -0.39 is 23.5 Å². The first-order valence-corrected chi connectivity index (χ1v) is 9.72. The lowest BCUT2D eigenvalue weighted by Crippen LogP contribution is -2.30. The van der Waals surface area contributed by atoms with E-state index in [1.807, 2.05) is 6.92 Å². The van der Waals surface area contributed by atoms with Crippen molar-refractivity contribution in [2.24, 2.45) is 0 Å². The summed E-state index contributed by atoms with van der Waals surface area (Å²) >= 11 is 0. The van der Waals surface area contributed by atoms with Crippen LogP contribution in [-0.2, 0) is 4.79 Å². The number of amides is 1. The number of hydrogen-bond acceptors (Lipinski definition) is 2. The van der Waals surface area contributed by atoms with Crippen LogP contribution >= 0.6 is 0 Å². The number of benzene rings is 2. The van der Waals surface area contributed by atoms with E-state index in [2.05, 4.69) is 4.98 Å². The minimum absolute atomic E-state index is 0.0735. The molecule has 1 aromatic heterocycles. The van der Waals surface area contributed by atoms with Gasteiger partial charge in [0.25, 0.3) is 5.91 Å². The molecule has 1 aliphatic heterocycles. The lowest BCUT2D eigenvalue weighted by atomic mass is 9.90. The largest absolute Gasteiger partial charge is 0.478 e. The van der Waals surface area contributed by atoms with Crippen LogP contribution in [-0.4, -0.2) is 33.4 Å². The molecule has 0 bridgehead atoms. The summed E-state index contributed by atoms with van der Waals surface area (Å²) in [5.41, 5.74) is 1.87. The van der Waals surface area contributed by atoms with Gasteiger partial charge in [-0.3, -0.25) is 4.79 Å². The maximum atomic E-state index is 13.7. The number of aromatic nitrogens is 1. The fourth-order valence-corrected chi connectivity index (χ4v) is 4.08. The SMILES string of the molecule is CCCC1CN(C(=O)c2ccc(F)cc2)C=C(C(=O)O)c2[nH]c3cc(F)ccc3c21. The zero-order valence-corrected chi connectivity index (χ0v) is 16.3. The molecule has 0 spiro atoms. The molecule has 4 rings (SSSR count). The fraction of sp³-hybridized carbons (Fsp3) is 0.217. The van der Waals surface area contributed by atoms with Crippen molar-refractivity contribution < 1.29 is 23.5 Å². The number of carbonyl (C=O) groups is 2. The van der Waals surface area contributed by atoms with Crippen molar-refractivity contribution in [1.82, 2.24) is 9.88 Å². The number of nitrogens with one attached hydrogen (secondary N) is 1. The summed E-state index contributed by atoms with van der Waals surface area (Å²) in [4.78, 5) is 29.6. The second-order valence-corrected chi connectivity index (χ2v) is 7.40. The first-order valence-electron chi connectivity index (χ1n) is 9.72. The van der Waals surface area contributed by atoms with Gasteiger partial charge in [0.1, 0.15) is 11.6 Å². The van der Waals surface area contributed by atoms with Gasteiger partial charge >= 0.3 is 5.97 Å². The minimum atomic E-state index is -1.20. The Labute approximate surface area is 171 Å². The Kier molecular flexibility index (Phi) is 5.11. The number of halogens is 2. The molecular formula is C23H20F2N2O3. The van der Waals surface area contributed by atoms with Gasteiger partial charge in [-0.25, -0.2) is 13.6 Å². The number of rotatable bonds is 4. The average Bonchev–Trinajstić information content (AvgIpc) is 2.99. The molecule has 3 aromatic rings. The molecule has 5 nitrogen and oxygen atoms in total. The smallest absolute Gasteiger partial charge is 0.339 e. The van der Waals surface area contributed by atoms with Gasteiger partial charge < -0.3 is 15.0 Å². The number of carboxylic acids is 1. The zero-order valence-electron chi connectivity index (χ0n) is 16.3. The highest BCUT2D eigenvalue weighted by Crippen LogP contribution is 2.39. The first-order chi connectivity index (χ1) is 14.4. The number of carboxylic acid groups (broad SMARTS) is 1. The Morgan fingerprint density at radius 3 is 2.50 bits per heavy atom. The van der Waals surface area contributed by atoms with E-state index in [0.29, 0.717) is 17.6 Å². The van der Waals surface area contributed by atoms with Crippen molar-refractivity contribution in [2.45, 2.75) is 25.7 Å². The predicted molar refractivity (Wildman–Crippen MR) is 109 cm³/mol. The van der Waals surface area contributed by atoms with Crippen molar-refractivity contribution in [2.75, 3.05) is 6.54 Å². The van der Waals surface area contributed by atoms with Gasteiger partial charge in [0, 0.05) is 35.1 Å². The number of hydrogen-bond donors (Lipinski definition) is 2. The highest BCUT2D eigenvalue weighted by molar-refractivity contribution is 6.17. The normalized spacial score (nSPS) is 16.2. The molecule has 2 heterocycles. The molecule has 1 atom stereocenters. The van der Waals surface area contributed by atoms with E-state index in [1.54, 1.807) is 6.07 Å². The van der Waals surface area contributed by atoms with Crippen LogP contribution in [0.25, 0.3) is 16.5 Å². The van der Waals surface area contributed by atoms with Gasteiger partial charge in [0.2, 0.25) is 0 Å². The van der Waals surface area contributed by atoms with Gasteiger partial charge in [-0.1, -0.05) is 13.3 Å². The molecule has 0 fully saturated rings. The molecule has 1 aliphatic rings. The van der Waals surface area contributed by atoms with Gasteiger partial charge in [0.15, 0.2) is 0 Å². The van der Waals surface area contributed by atoms with E-state index in [1.165, 1.54) is 47.5 Å². The fourth-order valence-electron chi connectivity index (χ4n) is 4.08. The number of fused-ring (bicyclic) bond motifs is 3. The van der Waals surface area contributed by atoms with Crippen LogP contribution < -0.4 is 0 Å². The molecule has 30 heavy (non-hydrogen) atoms. The number of H-pyrrole nitrogens is 1. The summed E-state index contributed by atoms with van der Waals surface area (Å²) in [5, 5.41) is 10.6. The second kappa shape index (κ2) is 7.74. The van der Waals surface area contributed by atoms with Crippen LogP contribution in [0.15, 0.2) is 48.7 Å². The van der Waals surface area contributed by atoms with Gasteiger partial charge in [-0.05, 0) is 54.4 Å². The molecule has 0 radical (unpaired) electrons. The van der Waals surface area contributed by atoms with Crippen LogP contribution in [0.5, 0.6) is 0 Å². The summed E-state index contributed by atoms with van der Waals surface area (Å²) < 4.78 is 27.0. The molecule has 2 N–H and O–H groups in total. The highest BCUT2D eigenvalue weighted by atomic mass is 19.1. The topological polar surface area (TPSA) is 73.4 Å². The average molecular weight is 410 g/mol. The van der Waals surface area contributed by atoms with Gasteiger partial charge in [-0.15, -0.1) is 0 Å².